The van der Waals surface area contributed by atoms with E-state index in [0.29, 0.717) is 23.8 Å². The first-order valence-electron chi connectivity index (χ1n) is 8.69. The molecule has 0 amide bonds. The van der Waals surface area contributed by atoms with Crippen molar-refractivity contribution in [3.8, 4) is 0 Å². The second-order valence-electron chi connectivity index (χ2n) is 6.36. The van der Waals surface area contributed by atoms with E-state index in [9.17, 15) is 8.42 Å². The number of halogens is 1. The molecule has 0 spiro atoms. The molecule has 0 bridgehead atoms. The number of aryl methyl sites for hydroxylation is 1. The molecule has 1 N–H and O–H groups in total. The van der Waals surface area contributed by atoms with E-state index in [2.05, 4.69) is 20.9 Å². The Kier molecular flexibility index (Phi) is 9.31. The number of aromatic nitrogens is 1. The minimum atomic E-state index is -3.35. The van der Waals surface area contributed by atoms with Gasteiger partial charge in [0.25, 0.3) is 0 Å². The van der Waals surface area contributed by atoms with Gasteiger partial charge in [0.15, 0.2) is 15.8 Å². The highest BCUT2D eigenvalue weighted by atomic mass is 127. The van der Waals surface area contributed by atoms with Crippen molar-refractivity contribution < 1.29 is 8.42 Å². The van der Waals surface area contributed by atoms with Crippen LogP contribution in [0.5, 0.6) is 0 Å². The van der Waals surface area contributed by atoms with E-state index in [4.69, 9.17) is 0 Å². The van der Waals surface area contributed by atoms with Crippen LogP contribution in [0.15, 0.2) is 58.5 Å². The first kappa shape index (κ1) is 23.5. The Morgan fingerprint density at radius 3 is 2.41 bits per heavy atom. The molecule has 6 nitrogen and oxygen atoms in total. The van der Waals surface area contributed by atoms with E-state index in [0.717, 1.165) is 5.69 Å². The van der Waals surface area contributed by atoms with Gasteiger partial charge in [-0.05, 0) is 30.7 Å². The van der Waals surface area contributed by atoms with Gasteiger partial charge in [-0.1, -0.05) is 25.1 Å². The summed E-state index contributed by atoms with van der Waals surface area (Å²) in [5.74, 6) is 0.714. The maximum atomic E-state index is 12.6. The maximum absolute atomic E-state index is 12.6. The first-order valence-corrected chi connectivity index (χ1v) is 10.3. The zero-order valence-electron chi connectivity index (χ0n) is 16.3. The van der Waals surface area contributed by atoms with Crippen molar-refractivity contribution in [2.45, 2.75) is 30.8 Å². The topological polar surface area (TPSA) is 66.7 Å². The Labute approximate surface area is 179 Å². The lowest BCUT2D eigenvalue weighted by Crippen LogP contribution is -2.46. The first-order chi connectivity index (χ1) is 12.4. The fraction of sp³-hybridized carbons (Fsp3) is 0.421. The van der Waals surface area contributed by atoms with Crippen LogP contribution in [0.4, 0.5) is 0 Å². The summed E-state index contributed by atoms with van der Waals surface area (Å²) in [5.41, 5.74) is 1.15. The van der Waals surface area contributed by atoms with Crippen LogP contribution in [0, 0.1) is 0 Å². The average Bonchev–Trinajstić information content (AvgIpc) is 3.03. The summed E-state index contributed by atoms with van der Waals surface area (Å²) in [6.07, 6.45) is 2.68. The normalized spacial score (nSPS) is 13.0. The Hall–Kier alpha value is -1.55. The largest absolute Gasteiger partial charge is 0.353 e. The summed E-state index contributed by atoms with van der Waals surface area (Å²) < 4.78 is 27.3. The van der Waals surface area contributed by atoms with E-state index in [1.807, 2.05) is 44.2 Å². The Morgan fingerprint density at radius 2 is 1.89 bits per heavy atom. The van der Waals surface area contributed by atoms with Crippen LogP contribution < -0.4 is 5.32 Å². The van der Waals surface area contributed by atoms with E-state index in [-0.39, 0.29) is 35.8 Å². The van der Waals surface area contributed by atoms with Gasteiger partial charge in [-0.15, -0.1) is 24.0 Å². The van der Waals surface area contributed by atoms with Gasteiger partial charge >= 0.3 is 0 Å². The molecule has 150 valence electrons. The number of rotatable bonds is 7. The van der Waals surface area contributed by atoms with Crippen molar-refractivity contribution in [2.24, 2.45) is 12.0 Å². The zero-order chi connectivity index (χ0) is 19.2. The summed E-state index contributed by atoms with van der Waals surface area (Å²) in [5, 5.41) is 3.30. The van der Waals surface area contributed by atoms with E-state index >= 15 is 0 Å². The van der Waals surface area contributed by atoms with Gasteiger partial charge < -0.3 is 14.8 Å². The number of guanidine groups is 1. The Morgan fingerprint density at radius 1 is 1.22 bits per heavy atom. The molecule has 0 aliphatic carbocycles. The molecular weight excluding hydrogens is 475 g/mol. The van der Waals surface area contributed by atoms with Crippen LogP contribution >= 0.6 is 24.0 Å². The zero-order valence-corrected chi connectivity index (χ0v) is 19.4. The molecule has 0 radical (unpaired) electrons. The second-order valence-corrected chi connectivity index (χ2v) is 8.39. The number of nitrogens with zero attached hydrogens (tertiary/aromatic N) is 3. The van der Waals surface area contributed by atoms with Gasteiger partial charge in [-0.2, -0.15) is 0 Å². The number of hydrogen-bond acceptors (Lipinski definition) is 3. The summed E-state index contributed by atoms with van der Waals surface area (Å²) >= 11 is 0. The molecule has 8 heteroatoms. The number of benzene rings is 1. The van der Waals surface area contributed by atoms with Gasteiger partial charge in [-0.3, -0.25) is 4.99 Å². The van der Waals surface area contributed by atoms with Crippen LogP contribution in [-0.2, 0) is 23.4 Å². The highest BCUT2D eigenvalue weighted by Crippen LogP contribution is 2.13. The molecule has 1 aromatic heterocycles. The fourth-order valence-electron chi connectivity index (χ4n) is 2.76. The van der Waals surface area contributed by atoms with Gasteiger partial charge in [0, 0.05) is 39.1 Å². The Bertz CT molecular complexity index is 834. The minimum Gasteiger partial charge on any atom is -0.353 e. The van der Waals surface area contributed by atoms with Crippen molar-refractivity contribution in [2.75, 3.05) is 19.8 Å². The predicted molar refractivity (Wildman–Crippen MR) is 121 cm³/mol. The Balaban J connectivity index is 0.00000364. The monoisotopic (exact) mass is 504 g/mol. The summed E-state index contributed by atoms with van der Waals surface area (Å²) in [6, 6.07) is 12.4. The minimum absolute atomic E-state index is 0. The highest BCUT2D eigenvalue weighted by molar-refractivity contribution is 14.0. The molecule has 2 rings (SSSR count). The molecule has 0 saturated carbocycles. The van der Waals surface area contributed by atoms with Crippen molar-refractivity contribution >= 4 is 39.8 Å². The summed E-state index contributed by atoms with van der Waals surface area (Å²) in [4.78, 5) is 6.66. The van der Waals surface area contributed by atoms with E-state index in [1.54, 1.807) is 31.3 Å². The molecule has 27 heavy (non-hydrogen) atoms. The third-order valence-electron chi connectivity index (χ3n) is 4.37. The third kappa shape index (κ3) is 6.53. The molecule has 0 saturated heterocycles. The lowest BCUT2D eigenvalue weighted by molar-refractivity contribution is 0.448. The average molecular weight is 504 g/mol. The number of hydrogen-bond donors (Lipinski definition) is 1. The van der Waals surface area contributed by atoms with Crippen LogP contribution in [0.25, 0.3) is 0 Å². The molecule has 2 aromatic rings. The third-order valence-corrected chi connectivity index (χ3v) is 6.20. The van der Waals surface area contributed by atoms with Gasteiger partial charge in [0.2, 0.25) is 0 Å². The quantitative estimate of drug-likeness (QED) is 0.358. The number of nitrogens with one attached hydrogen (secondary N) is 1. The molecule has 1 heterocycles. The van der Waals surface area contributed by atoms with Crippen LogP contribution in [0.3, 0.4) is 0 Å². The maximum Gasteiger partial charge on any atom is 0.193 e. The van der Waals surface area contributed by atoms with Crippen molar-refractivity contribution in [1.29, 1.82) is 0 Å². The smallest absolute Gasteiger partial charge is 0.193 e. The lowest BCUT2D eigenvalue weighted by Gasteiger charge is -2.26. The van der Waals surface area contributed by atoms with Crippen molar-refractivity contribution in [1.82, 2.24) is 14.8 Å². The molecular formula is C19H29IN4O2S. The van der Waals surface area contributed by atoms with Gasteiger partial charge in [0.05, 0.1) is 17.2 Å². The summed E-state index contributed by atoms with van der Waals surface area (Å²) in [7, 11) is 2.31. The molecule has 0 aliphatic heterocycles. The van der Waals surface area contributed by atoms with Crippen LogP contribution in [0.2, 0.25) is 0 Å². The van der Waals surface area contributed by atoms with Crippen LogP contribution in [-0.4, -0.2) is 49.7 Å². The lowest BCUT2D eigenvalue weighted by atomic mass is 10.2. The summed E-state index contributed by atoms with van der Waals surface area (Å²) in [6.45, 7) is 2.66. The molecule has 1 unspecified atom stereocenters. The fourth-order valence-corrected chi connectivity index (χ4v) is 4.37. The SMILES string of the molecule is CCC(CS(=O)(=O)c1ccccc1)NC(=NC)N(C)Cc1cccn1C.I. The van der Waals surface area contributed by atoms with Crippen molar-refractivity contribution in [3.63, 3.8) is 0 Å². The highest BCUT2D eigenvalue weighted by Gasteiger charge is 2.22. The molecule has 0 fully saturated rings. The number of sulfone groups is 1. The van der Waals surface area contributed by atoms with Gasteiger partial charge in [0.1, 0.15) is 0 Å². The van der Waals surface area contributed by atoms with Crippen molar-refractivity contribution in [3.05, 3.63) is 54.4 Å². The predicted octanol–water partition coefficient (Wildman–Crippen LogP) is 2.90. The van der Waals surface area contributed by atoms with Crippen LogP contribution in [0.1, 0.15) is 19.0 Å². The van der Waals surface area contributed by atoms with E-state index < -0.39 is 9.84 Å². The number of aliphatic imine (C=N–C) groups is 1. The van der Waals surface area contributed by atoms with E-state index in [1.165, 1.54) is 0 Å². The second kappa shape index (κ2) is 10.7. The van der Waals surface area contributed by atoms with Gasteiger partial charge in [-0.25, -0.2) is 8.42 Å². The molecule has 1 atom stereocenters. The molecule has 0 aliphatic rings. The molecule has 1 aromatic carbocycles. The standard InChI is InChI=1S/C19H28N4O2S.HI/c1-5-16(15-26(24,25)18-11-7-6-8-12-18)21-19(20-2)23(4)14-17-10-9-13-22(17)3;/h6-13,16H,5,14-15H2,1-4H3,(H,20,21);1H.